The number of nitrogens with two attached hydrogens (primary N) is 1. The number of rotatable bonds is 9. The molecular formula is C25H35ClFN7O2. The number of hydrogen-bond acceptors (Lipinski definition) is 8. The van der Waals surface area contributed by atoms with Crippen LogP contribution in [0.5, 0.6) is 5.75 Å². The average Bonchev–Trinajstić information content (AvgIpc) is 2.88. The van der Waals surface area contributed by atoms with Crippen molar-refractivity contribution in [2.45, 2.75) is 32.2 Å². The summed E-state index contributed by atoms with van der Waals surface area (Å²) in [5.74, 6) is 0.0348. The summed E-state index contributed by atoms with van der Waals surface area (Å²) in [6.45, 7) is 7.51. The van der Waals surface area contributed by atoms with Crippen LogP contribution in [-0.4, -0.2) is 91.3 Å². The van der Waals surface area contributed by atoms with E-state index in [1.807, 2.05) is 19.1 Å². The molecule has 2 fully saturated rings. The van der Waals surface area contributed by atoms with E-state index < -0.39 is 12.6 Å². The normalized spacial score (nSPS) is 17.8. The Labute approximate surface area is 216 Å². The Hall–Kier alpha value is -2.69. The van der Waals surface area contributed by atoms with Crippen LogP contribution in [0.1, 0.15) is 35.9 Å². The van der Waals surface area contributed by atoms with E-state index in [4.69, 9.17) is 22.1 Å². The minimum absolute atomic E-state index is 0.0116. The summed E-state index contributed by atoms with van der Waals surface area (Å²) in [6, 6.07) is 6.20. The lowest BCUT2D eigenvalue weighted by atomic mass is 10.0. The van der Waals surface area contributed by atoms with Crippen LogP contribution in [0.25, 0.3) is 0 Å². The maximum atomic E-state index is 13.0. The van der Waals surface area contributed by atoms with Gasteiger partial charge in [-0.15, -0.1) is 0 Å². The van der Waals surface area contributed by atoms with E-state index in [9.17, 15) is 9.18 Å². The number of primary amides is 1. The molecule has 4 rings (SSSR count). The van der Waals surface area contributed by atoms with Gasteiger partial charge in [0.25, 0.3) is 5.91 Å². The monoisotopic (exact) mass is 519 g/mol. The molecule has 0 aliphatic carbocycles. The standard InChI is InChI=1S/C25H35ClFN7O2/c1-3-19-23(26)31-25(22(30-19)24(28)35)29-17-4-5-20(21(16-17)36-15-8-27)34-9-6-18(7-10-34)33-13-11-32(2)12-14-33/h4-5,16,18H,3,6-15H2,1-2H3,(H2,28,35)(H,29,31). The fraction of sp³-hybridized carbons (Fsp3) is 0.560. The van der Waals surface area contributed by atoms with Crippen molar-refractivity contribution in [1.82, 2.24) is 19.8 Å². The number of anilines is 3. The number of ether oxygens (including phenoxy) is 1. The van der Waals surface area contributed by atoms with Crippen molar-refractivity contribution in [3.8, 4) is 5.75 Å². The lowest BCUT2D eigenvalue weighted by Crippen LogP contribution is -2.52. The van der Waals surface area contributed by atoms with Crippen molar-refractivity contribution < 1.29 is 13.9 Å². The molecule has 0 saturated carbocycles. The third kappa shape index (κ3) is 6.16. The number of nitrogens with one attached hydrogen (secondary N) is 1. The van der Waals surface area contributed by atoms with Crippen LogP contribution in [-0.2, 0) is 6.42 Å². The van der Waals surface area contributed by atoms with E-state index in [1.165, 1.54) is 0 Å². The number of alkyl halides is 1. The molecule has 0 radical (unpaired) electrons. The van der Waals surface area contributed by atoms with Gasteiger partial charge in [0.15, 0.2) is 16.7 Å². The lowest BCUT2D eigenvalue weighted by molar-refractivity contribution is 0.0981. The summed E-state index contributed by atoms with van der Waals surface area (Å²) in [6.07, 6.45) is 2.67. The summed E-state index contributed by atoms with van der Waals surface area (Å²) in [5, 5.41) is 3.29. The van der Waals surface area contributed by atoms with E-state index in [0.29, 0.717) is 29.6 Å². The number of piperidine rings is 1. The molecule has 11 heteroatoms. The molecular weight excluding hydrogens is 485 g/mol. The van der Waals surface area contributed by atoms with Crippen molar-refractivity contribution in [1.29, 1.82) is 0 Å². The number of hydrogen-bond donors (Lipinski definition) is 2. The number of aromatic nitrogens is 2. The molecule has 0 atom stereocenters. The first-order valence-corrected chi connectivity index (χ1v) is 12.9. The molecule has 3 N–H and O–H groups in total. The predicted octanol–water partition coefficient (Wildman–Crippen LogP) is 3.10. The average molecular weight is 520 g/mol. The summed E-state index contributed by atoms with van der Waals surface area (Å²) < 4.78 is 18.8. The minimum Gasteiger partial charge on any atom is -0.489 e. The fourth-order valence-corrected chi connectivity index (χ4v) is 5.11. The molecule has 196 valence electrons. The molecule has 1 aromatic heterocycles. The van der Waals surface area contributed by atoms with Gasteiger partial charge in [0.05, 0.1) is 11.4 Å². The first-order valence-electron chi connectivity index (χ1n) is 12.5. The van der Waals surface area contributed by atoms with Crippen molar-refractivity contribution in [2.24, 2.45) is 5.73 Å². The zero-order chi connectivity index (χ0) is 25.7. The molecule has 3 heterocycles. The quantitative estimate of drug-likeness (QED) is 0.521. The number of carbonyl (C=O) groups is 1. The molecule has 0 bridgehead atoms. The Morgan fingerprint density at radius 2 is 1.92 bits per heavy atom. The molecule has 2 aliphatic rings. The fourth-order valence-electron chi connectivity index (χ4n) is 4.85. The van der Waals surface area contributed by atoms with Gasteiger partial charge in [-0.3, -0.25) is 9.69 Å². The summed E-state index contributed by atoms with van der Waals surface area (Å²) in [4.78, 5) is 27.8. The predicted molar refractivity (Wildman–Crippen MR) is 140 cm³/mol. The Kier molecular flexibility index (Phi) is 8.81. The highest BCUT2D eigenvalue weighted by Gasteiger charge is 2.28. The van der Waals surface area contributed by atoms with Gasteiger partial charge in [-0.1, -0.05) is 18.5 Å². The van der Waals surface area contributed by atoms with Crippen LogP contribution in [0.2, 0.25) is 5.15 Å². The second-order valence-corrected chi connectivity index (χ2v) is 9.64. The van der Waals surface area contributed by atoms with Crippen molar-refractivity contribution in [3.05, 3.63) is 34.7 Å². The molecule has 2 aromatic rings. The number of piperazine rings is 1. The number of aryl methyl sites for hydroxylation is 1. The highest BCUT2D eigenvalue weighted by molar-refractivity contribution is 6.30. The van der Waals surface area contributed by atoms with Crippen molar-refractivity contribution in [3.63, 3.8) is 0 Å². The van der Waals surface area contributed by atoms with Crippen LogP contribution >= 0.6 is 11.6 Å². The maximum Gasteiger partial charge on any atom is 0.271 e. The molecule has 9 nitrogen and oxygen atoms in total. The second-order valence-electron chi connectivity index (χ2n) is 9.28. The molecule has 1 aromatic carbocycles. The first-order chi connectivity index (χ1) is 17.4. The summed E-state index contributed by atoms with van der Waals surface area (Å²) >= 11 is 6.23. The van der Waals surface area contributed by atoms with Crippen molar-refractivity contribution >= 4 is 34.7 Å². The molecule has 2 saturated heterocycles. The van der Waals surface area contributed by atoms with Gasteiger partial charge in [0.2, 0.25) is 0 Å². The lowest BCUT2D eigenvalue weighted by Gasteiger charge is -2.42. The van der Waals surface area contributed by atoms with Gasteiger partial charge in [0, 0.05) is 57.1 Å². The zero-order valence-electron chi connectivity index (χ0n) is 21.0. The Morgan fingerprint density at radius 3 is 2.56 bits per heavy atom. The summed E-state index contributed by atoms with van der Waals surface area (Å²) in [5.41, 5.74) is 7.57. The van der Waals surface area contributed by atoms with Gasteiger partial charge in [0.1, 0.15) is 19.0 Å². The molecule has 36 heavy (non-hydrogen) atoms. The van der Waals surface area contributed by atoms with Gasteiger partial charge >= 0.3 is 0 Å². The zero-order valence-corrected chi connectivity index (χ0v) is 21.7. The molecule has 1 amide bonds. The molecule has 0 spiro atoms. The number of halogens is 2. The van der Waals surface area contributed by atoms with Gasteiger partial charge in [-0.25, -0.2) is 14.4 Å². The van der Waals surface area contributed by atoms with Crippen LogP contribution < -0.4 is 20.7 Å². The topological polar surface area (TPSA) is 99.8 Å². The number of amides is 1. The largest absolute Gasteiger partial charge is 0.489 e. The third-order valence-corrected chi connectivity index (χ3v) is 7.21. The molecule has 2 aliphatic heterocycles. The smallest absolute Gasteiger partial charge is 0.271 e. The van der Waals surface area contributed by atoms with Gasteiger partial charge in [-0.05, 0) is 38.4 Å². The summed E-state index contributed by atoms with van der Waals surface area (Å²) in [7, 11) is 2.17. The van der Waals surface area contributed by atoms with Gasteiger partial charge in [-0.2, -0.15) is 0 Å². The van der Waals surface area contributed by atoms with Crippen molar-refractivity contribution in [2.75, 3.05) is 69.8 Å². The number of likely N-dealkylation sites (N-methyl/N-ethyl adjacent to an activating group) is 1. The van der Waals surface area contributed by atoms with Crippen LogP contribution in [0.15, 0.2) is 18.2 Å². The second kappa shape index (κ2) is 12.0. The van der Waals surface area contributed by atoms with E-state index in [0.717, 1.165) is 57.8 Å². The van der Waals surface area contributed by atoms with E-state index in [1.54, 1.807) is 6.07 Å². The van der Waals surface area contributed by atoms with Crippen LogP contribution in [0.4, 0.5) is 21.6 Å². The van der Waals surface area contributed by atoms with Crippen LogP contribution in [0, 0.1) is 0 Å². The Balaban J connectivity index is 1.51. The highest BCUT2D eigenvalue weighted by Crippen LogP contribution is 2.35. The first kappa shape index (κ1) is 26.4. The number of carbonyl (C=O) groups excluding carboxylic acids is 1. The Morgan fingerprint density at radius 1 is 1.19 bits per heavy atom. The maximum absolute atomic E-state index is 13.0. The van der Waals surface area contributed by atoms with E-state index >= 15 is 0 Å². The highest BCUT2D eigenvalue weighted by atomic mass is 35.5. The van der Waals surface area contributed by atoms with Crippen LogP contribution in [0.3, 0.4) is 0 Å². The number of benzene rings is 1. The third-order valence-electron chi connectivity index (χ3n) is 6.90. The number of nitrogens with zero attached hydrogens (tertiary/aromatic N) is 5. The van der Waals surface area contributed by atoms with E-state index in [-0.39, 0.29) is 23.3 Å². The SMILES string of the molecule is CCc1nc(C(N)=O)c(Nc2ccc(N3CCC(N4CCN(C)CC4)CC3)c(OCCF)c2)nc1Cl. The van der Waals surface area contributed by atoms with E-state index in [2.05, 4.69) is 37.0 Å². The molecule has 0 unspecified atom stereocenters. The minimum atomic E-state index is -0.704. The van der Waals surface area contributed by atoms with Gasteiger partial charge < -0.3 is 25.6 Å². The Bertz CT molecular complexity index is 1060.